The van der Waals surface area contributed by atoms with Crippen molar-refractivity contribution in [2.45, 2.75) is 45.1 Å². The second-order valence-electron chi connectivity index (χ2n) is 9.26. The van der Waals surface area contributed by atoms with E-state index in [4.69, 9.17) is 4.74 Å². The number of hydrogen-bond acceptors (Lipinski definition) is 8. The van der Waals surface area contributed by atoms with Crippen molar-refractivity contribution in [3.8, 4) is 17.0 Å². The van der Waals surface area contributed by atoms with Gasteiger partial charge in [0.25, 0.3) is 0 Å². The third kappa shape index (κ3) is 9.00. The number of benzene rings is 1. The fraction of sp³-hybridized carbons (Fsp3) is 0.538. The summed E-state index contributed by atoms with van der Waals surface area (Å²) in [4.78, 5) is 46.0. The molecule has 1 aliphatic heterocycles. The van der Waals surface area contributed by atoms with E-state index < -0.39 is 6.04 Å². The summed E-state index contributed by atoms with van der Waals surface area (Å²) in [5, 5.41) is 8.20. The van der Waals surface area contributed by atoms with Crippen molar-refractivity contribution in [3.63, 3.8) is 0 Å². The van der Waals surface area contributed by atoms with Gasteiger partial charge in [0.1, 0.15) is 17.6 Å². The predicted octanol–water partition coefficient (Wildman–Crippen LogP) is 3.03. The molecule has 1 atom stereocenters. The molecule has 10 heteroatoms. The van der Waals surface area contributed by atoms with Crippen LogP contribution in [0.2, 0.25) is 0 Å². The molecule has 1 aromatic heterocycles. The second-order valence-corrected chi connectivity index (χ2v) is 10.1. The SMILES string of the molecule is COc1ccc(-c2csc(NC(=O)[C@H](CCCCCC(C)=O)NC(=O)CN3CCN(C)CC3)n2)cc1. The number of aromatic nitrogens is 1. The van der Waals surface area contributed by atoms with Crippen LogP contribution in [0.25, 0.3) is 11.3 Å². The van der Waals surface area contributed by atoms with E-state index in [-0.39, 0.29) is 24.1 Å². The lowest BCUT2D eigenvalue weighted by molar-refractivity contribution is -0.127. The summed E-state index contributed by atoms with van der Waals surface area (Å²) in [5.74, 6) is 0.507. The van der Waals surface area contributed by atoms with E-state index >= 15 is 0 Å². The highest BCUT2D eigenvalue weighted by Crippen LogP contribution is 2.26. The number of unbranched alkanes of at least 4 members (excludes halogenated alkanes) is 2. The van der Waals surface area contributed by atoms with Crippen LogP contribution in [0.5, 0.6) is 5.75 Å². The number of nitrogens with zero attached hydrogens (tertiary/aromatic N) is 3. The topological polar surface area (TPSA) is 104 Å². The van der Waals surface area contributed by atoms with Crippen molar-refractivity contribution >= 4 is 34.1 Å². The van der Waals surface area contributed by atoms with Crippen LogP contribution in [-0.4, -0.2) is 85.3 Å². The first-order valence-corrected chi connectivity index (χ1v) is 13.3. The average Bonchev–Trinajstić information content (AvgIpc) is 3.32. The highest BCUT2D eigenvalue weighted by atomic mass is 32.1. The van der Waals surface area contributed by atoms with Gasteiger partial charge in [-0.25, -0.2) is 4.98 Å². The summed E-state index contributed by atoms with van der Waals surface area (Å²) in [7, 11) is 3.69. The van der Waals surface area contributed by atoms with Crippen molar-refractivity contribution < 1.29 is 19.1 Å². The molecule has 1 aromatic carbocycles. The third-order valence-electron chi connectivity index (χ3n) is 6.26. The Balaban J connectivity index is 1.58. The van der Waals surface area contributed by atoms with Gasteiger partial charge in [0.2, 0.25) is 11.8 Å². The molecule has 0 saturated carbocycles. The first-order chi connectivity index (χ1) is 17.3. The van der Waals surface area contributed by atoms with E-state index in [1.54, 1.807) is 14.0 Å². The number of methoxy groups -OCH3 is 1. The minimum Gasteiger partial charge on any atom is -0.497 e. The summed E-state index contributed by atoms with van der Waals surface area (Å²) in [6.45, 7) is 5.38. The zero-order valence-electron chi connectivity index (χ0n) is 21.4. The lowest BCUT2D eigenvalue weighted by Gasteiger charge is -2.32. The number of nitrogens with one attached hydrogen (secondary N) is 2. The number of ketones is 1. The smallest absolute Gasteiger partial charge is 0.248 e. The van der Waals surface area contributed by atoms with Gasteiger partial charge in [-0.15, -0.1) is 11.3 Å². The average molecular weight is 516 g/mol. The number of anilines is 1. The maximum absolute atomic E-state index is 13.1. The van der Waals surface area contributed by atoms with E-state index in [1.807, 2.05) is 29.6 Å². The monoisotopic (exact) mass is 515 g/mol. The molecule has 1 aliphatic rings. The van der Waals surface area contributed by atoms with Crippen LogP contribution >= 0.6 is 11.3 Å². The summed E-state index contributed by atoms with van der Waals surface area (Å²) < 4.78 is 5.20. The minimum absolute atomic E-state index is 0.151. The molecule has 0 radical (unpaired) electrons. The number of hydrogen-bond donors (Lipinski definition) is 2. The summed E-state index contributed by atoms with van der Waals surface area (Å²) in [5.41, 5.74) is 1.69. The third-order valence-corrected chi connectivity index (χ3v) is 7.01. The van der Waals surface area contributed by atoms with Gasteiger partial charge in [-0.1, -0.05) is 12.8 Å². The van der Waals surface area contributed by atoms with Crippen molar-refractivity contribution in [1.29, 1.82) is 0 Å². The van der Waals surface area contributed by atoms with Gasteiger partial charge in [-0.05, 0) is 51.1 Å². The largest absolute Gasteiger partial charge is 0.497 e. The molecule has 1 saturated heterocycles. The number of ether oxygens (including phenoxy) is 1. The Morgan fingerprint density at radius 2 is 1.81 bits per heavy atom. The molecular formula is C26H37N5O4S. The molecule has 1 fully saturated rings. The van der Waals surface area contributed by atoms with E-state index in [9.17, 15) is 14.4 Å². The quantitative estimate of drug-likeness (QED) is 0.395. The molecule has 2 N–H and O–H groups in total. The molecule has 36 heavy (non-hydrogen) atoms. The van der Waals surface area contributed by atoms with Crippen molar-refractivity contribution in [2.24, 2.45) is 0 Å². The number of amides is 2. The first-order valence-electron chi connectivity index (χ1n) is 12.4. The summed E-state index contributed by atoms with van der Waals surface area (Å²) in [6, 6.07) is 6.91. The first kappa shape index (κ1) is 27.8. The van der Waals surface area contributed by atoms with E-state index in [2.05, 4.69) is 32.5 Å². The van der Waals surface area contributed by atoms with Crippen LogP contribution in [0, 0.1) is 0 Å². The molecule has 2 aromatic rings. The van der Waals surface area contributed by atoms with Crippen LogP contribution in [0.3, 0.4) is 0 Å². The Hall–Kier alpha value is -2.82. The molecular weight excluding hydrogens is 478 g/mol. The summed E-state index contributed by atoms with van der Waals surface area (Å²) in [6.07, 6.45) is 3.41. The van der Waals surface area contributed by atoms with Crippen molar-refractivity contribution in [2.75, 3.05) is 52.2 Å². The molecule has 2 amide bonds. The van der Waals surface area contributed by atoms with Crippen LogP contribution < -0.4 is 15.4 Å². The van der Waals surface area contributed by atoms with Crippen LogP contribution in [0.4, 0.5) is 5.13 Å². The van der Waals surface area contributed by atoms with E-state index in [1.165, 1.54) is 11.3 Å². The normalized spacial score (nSPS) is 15.3. The number of carbonyl (C=O) groups is 3. The van der Waals surface area contributed by atoms with E-state index in [0.29, 0.717) is 18.0 Å². The maximum atomic E-state index is 13.1. The Morgan fingerprint density at radius 3 is 2.47 bits per heavy atom. The van der Waals surface area contributed by atoms with Gasteiger partial charge >= 0.3 is 0 Å². The predicted molar refractivity (Wildman–Crippen MR) is 142 cm³/mol. The zero-order chi connectivity index (χ0) is 25.9. The summed E-state index contributed by atoms with van der Waals surface area (Å²) >= 11 is 1.35. The Bertz CT molecular complexity index is 1000. The molecule has 0 unspecified atom stereocenters. The number of likely N-dealkylation sites (N-methyl/N-ethyl adjacent to an activating group) is 1. The van der Waals surface area contributed by atoms with Gasteiger partial charge < -0.3 is 25.1 Å². The molecule has 9 nitrogen and oxygen atoms in total. The van der Waals surface area contributed by atoms with Gasteiger partial charge in [-0.2, -0.15) is 0 Å². The molecule has 0 bridgehead atoms. The Morgan fingerprint density at radius 1 is 1.08 bits per heavy atom. The molecule has 196 valence electrons. The van der Waals surface area contributed by atoms with Gasteiger partial charge in [0.05, 0.1) is 19.3 Å². The van der Waals surface area contributed by atoms with Crippen LogP contribution in [0.15, 0.2) is 29.6 Å². The van der Waals surface area contributed by atoms with Gasteiger partial charge in [0, 0.05) is 43.5 Å². The van der Waals surface area contributed by atoms with Gasteiger partial charge in [-0.3, -0.25) is 14.5 Å². The maximum Gasteiger partial charge on any atom is 0.248 e. The zero-order valence-corrected chi connectivity index (χ0v) is 22.2. The highest BCUT2D eigenvalue weighted by Gasteiger charge is 2.24. The lowest BCUT2D eigenvalue weighted by atomic mass is 10.1. The second kappa shape index (κ2) is 14.1. The molecule has 0 aliphatic carbocycles. The fourth-order valence-corrected chi connectivity index (χ4v) is 4.76. The van der Waals surface area contributed by atoms with Crippen LogP contribution in [0.1, 0.15) is 39.0 Å². The molecule has 2 heterocycles. The van der Waals surface area contributed by atoms with E-state index in [0.717, 1.165) is 62.4 Å². The molecule has 3 rings (SSSR count). The van der Waals surface area contributed by atoms with Crippen molar-refractivity contribution in [3.05, 3.63) is 29.6 Å². The standard InChI is InChI=1S/C26H37N5O4S/c1-19(32)7-5-4-6-8-22(27-24(33)17-31-15-13-30(2)14-16-31)25(34)29-26-28-23(18-36-26)20-9-11-21(35-3)12-10-20/h9-12,18,22H,4-8,13-17H2,1-3H3,(H,27,33)(H,28,29,34)/t22-/m0/s1. The highest BCUT2D eigenvalue weighted by molar-refractivity contribution is 7.14. The lowest BCUT2D eigenvalue weighted by Crippen LogP contribution is -2.51. The number of piperazine rings is 1. The van der Waals surface area contributed by atoms with Crippen molar-refractivity contribution in [1.82, 2.24) is 20.1 Å². The van der Waals surface area contributed by atoms with Gasteiger partial charge in [0.15, 0.2) is 5.13 Å². The van der Waals surface area contributed by atoms with Crippen LogP contribution in [-0.2, 0) is 14.4 Å². The Kier molecular flexibility index (Phi) is 10.8. The number of thiazole rings is 1. The fourth-order valence-electron chi connectivity index (χ4n) is 4.04. The number of carbonyl (C=O) groups excluding carboxylic acids is 3. The Labute approximate surface area is 217 Å². The number of rotatable bonds is 13. The molecule has 0 spiro atoms. The minimum atomic E-state index is -0.657. The number of Topliss-reactive ketones (excluding diaryl/α,β-unsaturated/α-hetero) is 1.